The van der Waals surface area contributed by atoms with Crippen molar-refractivity contribution in [2.45, 2.75) is 32.0 Å². The zero-order valence-corrected chi connectivity index (χ0v) is 22.8. The summed E-state index contributed by atoms with van der Waals surface area (Å²) in [4.78, 5) is 18.2. The molecule has 5 aromatic rings. The van der Waals surface area contributed by atoms with Crippen molar-refractivity contribution in [1.29, 1.82) is 0 Å². The number of aliphatic carboxylic acids is 2. The molecule has 8 nitrogen and oxygen atoms in total. The minimum atomic E-state index is -1.82. The fraction of sp³-hybridized carbons (Fsp3) is 0.212. The maximum Gasteiger partial charge on any atom is 0.414 e. The van der Waals surface area contributed by atoms with Gasteiger partial charge in [0.1, 0.15) is 0 Å². The molecule has 0 saturated carbocycles. The van der Waals surface area contributed by atoms with Crippen LogP contribution in [0.5, 0.6) is 0 Å². The molecule has 0 unspecified atom stereocenters. The first-order valence-corrected chi connectivity index (χ1v) is 13.5. The topological polar surface area (TPSA) is 132 Å². The van der Waals surface area contributed by atoms with Gasteiger partial charge in [-0.2, -0.15) is 0 Å². The van der Waals surface area contributed by atoms with E-state index >= 15 is 0 Å². The number of carbonyl (C=O) groups is 2. The quantitative estimate of drug-likeness (QED) is 0.162. The molecule has 8 heteroatoms. The standard InChI is InChI=1S/C31H32N2O2.C2H2O4/c1-2-25(21-34)32-19-26(35)20-33-30(24-14-7-4-8-15-24)29(23-12-5-3-6-13-23)28-18-17-22-11-9-10-16-27(22)31(28)33;3-1(4)2(5)6/h3-18,25-26,32,34-35H,2,19-21H2,1H3;(H,3,4)(H,5,6)/t25-,26-;/m1./s1. The first kappa shape index (κ1) is 29.5. The number of nitrogens with zero attached hydrogens (tertiary/aromatic N) is 1. The number of hydrogen-bond acceptors (Lipinski definition) is 5. The van der Waals surface area contributed by atoms with Gasteiger partial charge in [-0.05, 0) is 22.9 Å². The monoisotopic (exact) mass is 554 g/mol. The Labute approximate surface area is 238 Å². The summed E-state index contributed by atoms with van der Waals surface area (Å²) < 4.78 is 2.29. The number of hydrogen-bond donors (Lipinski definition) is 5. The highest BCUT2D eigenvalue weighted by molar-refractivity contribution is 6.27. The van der Waals surface area contributed by atoms with Crippen molar-refractivity contribution < 1.29 is 30.0 Å². The van der Waals surface area contributed by atoms with Crippen LogP contribution in [0, 0.1) is 0 Å². The Morgan fingerprint density at radius 2 is 1.37 bits per heavy atom. The number of fused-ring (bicyclic) bond motifs is 3. The molecule has 0 spiro atoms. The molecule has 0 saturated heterocycles. The summed E-state index contributed by atoms with van der Waals surface area (Å²) in [6.45, 7) is 2.95. The number of benzene rings is 4. The summed E-state index contributed by atoms with van der Waals surface area (Å²) in [5.74, 6) is -3.65. The smallest absolute Gasteiger partial charge is 0.414 e. The van der Waals surface area contributed by atoms with Crippen LogP contribution in [0.3, 0.4) is 0 Å². The Morgan fingerprint density at radius 3 is 1.95 bits per heavy atom. The van der Waals surface area contributed by atoms with Crippen LogP contribution >= 0.6 is 0 Å². The van der Waals surface area contributed by atoms with E-state index in [2.05, 4.69) is 94.8 Å². The Hall–Kier alpha value is -4.50. The van der Waals surface area contributed by atoms with E-state index < -0.39 is 18.0 Å². The molecule has 2 atom stereocenters. The molecular formula is C33H34N2O6. The van der Waals surface area contributed by atoms with Gasteiger partial charge in [0, 0.05) is 28.9 Å². The van der Waals surface area contributed by atoms with Crippen LogP contribution in [0.1, 0.15) is 13.3 Å². The van der Waals surface area contributed by atoms with Gasteiger partial charge in [0.05, 0.1) is 30.5 Å². The van der Waals surface area contributed by atoms with Crippen molar-refractivity contribution in [3.05, 3.63) is 97.1 Å². The zero-order chi connectivity index (χ0) is 29.4. The Bertz CT molecular complexity index is 1600. The summed E-state index contributed by atoms with van der Waals surface area (Å²) >= 11 is 0. The molecule has 1 heterocycles. The molecule has 0 fully saturated rings. The average Bonchev–Trinajstić information content (AvgIpc) is 3.33. The lowest BCUT2D eigenvalue weighted by atomic mass is 9.97. The maximum atomic E-state index is 11.2. The van der Waals surface area contributed by atoms with Crippen molar-refractivity contribution in [2.75, 3.05) is 13.2 Å². The van der Waals surface area contributed by atoms with E-state index in [9.17, 15) is 10.2 Å². The summed E-state index contributed by atoms with van der Waals surface area (Å²) in [6.07, 6.45) is 0.199. The number of aromatic nitrogens is 1. The molecule has 0 aliphatic carbocycles. The number of carboxylic acid groups (broad SMARTS) is 2. The van der Waals surface area contributed by atoms with Gasteiger partial charge in [-0.1, -0.05) is 104 Å². The van der Waals surface area contributed by atoms with E-state index in [1.54, 1.807) is 0 Å². The summed E-state index contributed by atoms with van der Waals surface area (Å²) in [5.41, 5.74) is 5.70. The van der Waals surface area contributed by atoms with Gasteiger partial charge in [0.2, 0.25) is 0 Å². The lowest BCUT2D eigenvalue weighted by Gasteiger charge is -2.20. The molecule has 0 bridgehead atoms. The lowest BCUT2D eigenvalue weighted by molar-refractivity contribution is -0.159. The van der Waals surface area contributed by atoms with Crippen molar-refractivity contribution in [3.63, 3.8) is 0 Å². The van der Waals surface area contributed by atoms with Crippen LogP contribution in [0.25, 0.3) is 44.1 Å². The van der Waals surface area contributed by atoms with E-state index in [1.165, 1.54) is 21.7 Å². The first-order valence-electron chi connectivity index (χ1n) is 13.5. The molecule has 4 aromatic carbocycles. The summed E-state index contributed by atoms with van der Waals surface area (Å²) in [5, 5.41) is 42.3. The van der Waals surface area contributed by atoms with Crippen LogP contribution < -0.4 is 5.32 Å². The normalized spacial score (nSPS) is 12.5. The zero-order valence-electron chi connectivity index (χ0n) is 22.8. The van der Waals surface area contributed by atoms with Crippen molar-refractivity contribution in [1.82, 2.24) is 9.88 Å². The summed E-state index contributed by atoms with van der Waals surface area (Å²) in [6, 6.07) is 33.8. The van der Waals surface area contributed by atoms with E-state index in [4.69, 9.17) is 19.8 Å². The van der Waals surface area contributed by atoms with Crippen molar-refractivity contribution in [2.24, 2.45) is 0 Å². The number of nitrogens with one attached hydrogen (secondary N) is 1. The molecule has 0 aliphatic rings. The highest BCUT2D eigenvalue weighted by atomic mass is 16.4. The van der Waals surface area contributed by atoms with Crippen molar-refractivity contribution >= 4 is 33.6 Å². The molecule has 0 radical (unpaired) electrons. The van der Waals surface area contributed by atoms with Gasteiger partial charge in [-0.3, -0.25) is 0 Å². The predicted molar refractivity (Wildman–Crippen MR) is 161 cm³/mol. The van der Waals surface area contributed by atoms with Gasteiger partial charge < -0.3 is 30.3 Å². The second kappa shape index (κ2) is 13.7. The second-order valence-electron chi connectivity index (χ2n) is 9.71. The Balaban J connectivity index is 0.000000585. The molecule has 5 rings (SSSR count). The second-order valence-corrected chi connectivity index (χ2v) is 9.71. The van der Waals surface area contributed by atoms with Gasteiger partial charge in [-0.25, -0.2) is 9.59 Å². The van der Waals surface area contributed by atoms with Gasteiger partial charge in [0.15, 0.2) is 0 Å². The summed E-state index contributed by atoms with van der Waals surface area (Å²) in [7, 11) is 0. The fourth-order valence-corrected chi connectivity index (χ4v) is 5.01. The first-order chi connectivity index (χ1) is 19.8. The van der Waals surface area contributed by atoms with Crippen molar-refractivity contribution in [3.8, 4) is 22.4 Å². The molecule has 0 aliphatic heterocycles. The van der Waals surface area contributed by atoms with Gasteiger partial charge in [0.25, 0.3) is 0 Å². The maximum absolute atomic E-state index is 11.2. The Kier molecular flexibility index (Phi) is 9.86. The van der Waals surface area contributed by atoms with E-state index in [-0.39, 0.29) is 12.6 Å². The van der Waals surface area contributed by atoms with E-state index in [0.29, 0.717) is 13.1 Å². The third-order valence-electron chi connectivity index (χ3n) is 6.99. The largest absolute Gasteiger partial charge is 0.473 e. The van der Waals surface area contributed by atoms with Crippen LogP contribution in [-0.2, 0) is 16.1 Å². The van der Waals surface area contributed by atoms with Crippen LogP contribution in [0.15, 0.2) is 97.1 Å². The number of rotatable bonds is 9. The molecule has 41 heavy (non-hydrogen) atoms. The van der Waals surface area contributed by atoms with Crippen LogP contribution in [0.2, 0.25) is 0 Å². The van der Waals surface area contributed by atoms with E-state index in [0.717, 1.165) is 28.8 Å². The highest BCUT2D eigenvalue weighted by Gasteiger charge is 2.23. The minimum Gasteiger partial charge on any atom is -0.473 e. The lowest BCUT2D eigenvalue weighted by Crippen LogP contribution is -2.39. The number of aliphatic hydroxyl groups excluding tert-OH is 2. The number of aliphatic hydroxyl groups is 2. The molecule has 212 valence electrons. The van der Waals surface area contributed by atoms with Gasteiger partial charge in [-0.15, -0.1) is 0 Å². The fourth-order valence-electron chi connectivity index (χ4n) is 5.01. The van der Waals surface area contributed by atoms with E-state index in [1.807, 2.05) is 19.1 Å². The SMILES string of the molecule is CC[C@H](CO)NC[C@@H](O)Cn1c(-c2ccccc2)c(-c2ccccc2)c2ccc3ccccc3c21.O=C(O)C(=O)O. The molecular weight excluding hydrogens is 520 g/mol. The third-order valence-corrected chi connectivity index (χ3v) is 6.99. The van der Waals surface area contributed by atoms with Crippen LogP contribution in [0.4, 0.5) is 0 Å². The number of carboxylic acids is 2. The minimum absolute atomic E-state index is 0.0136. The Morgan fingerprint density at radius 1 is 0.780 bits per heavy atom. The highest BCUT2D eigenvalue weighted by Crippen LogP contribution is 2.43. The average molecular weight is 555 g/mol. The predicted octanol–water partition coefficient (Wildman–Crippen LogP) is 5.01. The van der Waals surface area contributed by atoms with Crippen LogP contribution in [-0.4, -0.2) is 62.2 Å². The van der Waals surface area contributed by atoms with Gasteiger partial charge >= 0.3 is 11.9 Å². The molecule has 1 aromatic heterocycles. The molecule has 0 amide bonds. The molecule has 5 N–H and O–H groups in total. The third kappa shape index (κ3) is 6.81.